The summed E-state index contributed by atoms with van der Waals surface area (Å²) in [6.07, 6.45) is 2.67. The topological polar surface area (TPSA) is 48.9 Å². The zero-order valence-electron chi connectivity index (χ0n) is 17.3. The first-order valence-corrected chi connectivity index (χ1v) is 10.1. The van der Waals surface area contributed by atoms with Gasteiger partial charge in [-0.05, 0) is 55.6 Å². The minimum absolute atomic E-state index is 0.665. The van der Waals surface area contributed by atoms with Crippen molar-refractivity contribution in [3.05, 3.63) is 64.7 Å². The van der Waals surface area contributed by atoms with Crippen molar-refractivity contribution >= 4 is 5.96 Å². The van der Waals surface area contributed by atoms with Crippen molar-refractivity contribution in [1.29, 1.82) is 0 Å². The number of nitrogens with zero attached hydrogens (tertiary/aromatic N) is 2. The molecule has 1 aliphatic heterocycles. The lowest BCUT2D eigenvalue weighted by Crippen LogP contribution is -2.36. The molecule has 0 unspecified atom stereocenters. The molecule has 0 spiro atoms. The summed E-state index contributed by atoms with van der Waals surface area (Å²) in [5, 5.41) is 6.75. The molecule has 28 heavy (non-hydrogen) atoms. The standard InChI is InChI=1S/C23H32N4O/c1-18-6-11-21(22(14-18)28-3)16-26-23(24-2)25-15-19-7-9-20(10-8-19)17-27-12-4-5-13-27/h6-11,14H,4-5,12-13,15-17H2,1-3H3,(H2,24,25,26). The third-order valence-electron chi connectivity index (χ3n) is 5.20. The summed E-state index contributed by atoms with van der Waals surface area (Å²) in [5.41, 5.74) is 4.94. The van der Waals surface area contributed by atoms with E-state index in [-0.39, 0.29) is 0 Å². The first-order valence-electron chi connectivity index (χ1n) is 10.1. The van der Waals surface area contributed by atoms with Gasteiger partial charge in [0, 0.05) is 32.2 Å². The minimum Gasteiger partial charge on any atom is -0.496 e. The Morgan fingerprint density at radius 1 is 1.00 bits per heavy atom. The second kappa shape index (κ2) is 10.1. The van der Waals surface area contributed by atoms with Gasteiger partial charge >= 0.3 is 0 Å². The van der Waals surface area contributed by atoms with Gasteiger partial charge in [0.25, 0.3) is 0 Å². The number of likely N-dealkylation sites (tertiary alicyclic amines) is 1. The minimum atomic E-state index is 0.665. The van der Waals surface area contributed by atoms with Crippen molar-refractivity contribution in [2.24, 2.45) is 4.99 Å². The average Bonchev–Trinajstić information content (AvgIpc) is 3.23. The van der Waals surface area contributed by atoms with E-state index < -0.39 is 0 Å². The number of benzene rings is 2. The zero-order chi connectivity index (χ0) is 19.8. The van der Waals surface area contributed by atoms with E-state index in [4.69, 9.17) is 4.74 Å². The molecule has 0 atom stereocenters. The second-order valence-electron chi connectivity index (χ2n) is 7.39. The van der Waals surface area contributed by atoms with Crippen LogP contribution in [-0.4, -0.2) is 38.1 Å². The summed E-state index contributed by atoms with van der Waals surface area (Å²) >= 11 is 0. The predicted octanol–water partition coefficient (Wildman–Crippen LogP) is 3.46. The van der Waals surface area contributed by atoms with Crippen LogP contribution >= 0.6 is 0 Å². The Balaban J connectivity index is 1.48. The molecule has 0 bridgehead atoms. The van der Waals surface area contributed by atoms with Crippen molar-refractivity contribution in [1.82, 2.24) is 15.5 Å². The Hall–Kier alpha value is -2.53. The van der Waals surface area contributed by atoms with Crippen LogP contribution < -0.4 is 15.4 Å². The SMILES string of the molecule is CN=C(NCc1ccc(CN2CCCC2)cc1)NCc1ccc(C)cc1OC. The third-order valence-corrected chi connectivity index (χ3v) is 5.20. The van der Waals surface area contributed by atoms with Crippen LogP contribution in [0.1, 0.15) is 35.1 Å². The van der Waals surface area contributed by atoms with Crippen LogP contribution in [0.5, 0.6) is 5.75 Å². The van der Waals surface area contributed by atoms with Crippen molar-refractivity contribution < 1.29 is 4.74 Å². The monoisotopic (exact) mass is 380 g/mol. The Kier molecular flexibility index (Phi) is 7.31. The lowest BCUT2D eigenvalue weighted by atomic mass is 10.1. The number of ether oxygens (including phenoxy) is 1. The van der Waals surface area contributed by atoms with Gasteiger partial charge in [-0.2, -0.15) is 0 Å². The maximum atomic E-state index is 5.48. The lowest BCUT2D eigenvalue weighted by molar-refractivity contribution is 0.331. The summed E-state index contributed by atoms with van der Waals surface area (Å²) in [5.74, 6) is 1.68. The summed E-state index contributed by atoms with van der Waals surface area (Å²) in [6, 6.07) is 15.1. The van der Waals surface area contributed by atoms with Gasteiger partial charge in [-0.1, -0.05) is 36.4 Å². The Morgan fingerprint density at radius 3 is 2.36 bits per heavy atom. The molecule has 2 N–H and O–H groups in total. The fraction of sp³-hybridized carbons (Fsp3) is 0.435. The number of rotatable bonds is 7. The van der Waals surface area contributed by atoms with Gasteiger partial charge in [-0.3, -0.25) is 9.89 Å². The largest absolute Gasteiger partial charge is 0.496 e. The van der Waals surface area contributed by atoms with Gasteiger partial charge in [-0.25, -0.2) is 0 Å². The fourth-order valence-electron chi connectivity index (χ4n) is 3.54. The van der Waals surface area contributed by atoms with E-state index in [1.807, 2.05) is 0 Å². The number of aryl methyl sites for hydroxylation is 1. The molecule has 1 fully saturated rings. The molecule has 3 rings (SSSR count). The molecule has 0 radical (unpaired) electrons. The quantitative estimate of drug-likeness (QED) is 0.570. The van der Waals surface area contributed by atoms with Crippen molar-refractivity contribution in [3.8, 4) is 5.75 Å². The number of hydrogen-bond acceptors (Lipinski definition) is 3. The van der Waals surface area contributed by atoms with E-state index in [0.29, 0.717) is 6.54 Å². The molecule has 0 saturated carbocycles. The number of aliphatic imine (C=N–C) groups is 1. The third kappa shape index (κ3) is 5.73. The summed E-state index contributed by atoms with van der Waals surface area (Å²) in [4.78, 5) is 6.85. The molecule has 0 aliphatic carbocycles. The highest BCUT2D eigenvalue weighted by molar-refractivity contribution is 5.79. The van der Waals surface area contributed by atoms with Crippen LogP contribution in [0.25, 0.3) is 0 Å². The Labute approximate surface area is 168 Å². The highest BCUT2D eigenvalue weighted by atomic mass is 16.5. The molecule has 1 saturated heterocycles. The van der Waals surface area contributed by atoms with Gasteiger partial charge in [0.2, 0.25) is 0 Å². The molecule has 5 heteroatoms. The average molecular weight is 381 g/mol. The summed E-state index contributed by atoms with van der Waals surface area (Å²) in [7, 11) is 3.50. The van der Waals surface area contributed by atoms with Crippen LogP contribution in [0.15, 0.2) is 47.5 Å². The van der Waals surface area contributed by atoms with E-state index in [1.165, 1.54) is 42.6 Å². The van der Waals surface area contributed by atoms with Crippen molar-refractivity contribution in [3.63, 3.8) is 0 Å². The Bertz CT molecular complexity index is 780. The second-order valence-corrected chi connectivity index (χ2v) is 7.39. The smallest absolute Gasteiger partial charge is 0.191 e. The number of nitrogens with one attached hydrogen (secondary N) is 2. The van der Waals surface area contributed by atoms with Crippen molar-refractivity contribution in [2.75, 3.05) is 27.2 Å². The highest BCUT2D eigenvalue weighted by Gasteiger charge is 2.11. The van der Waals surface area contributed by atoms with Crippen LogP contribution in [0.2, 0.25) is 0 Å². The molecule has 0 aromatic heterocycles. The highest BCUT2D eigenvalue weighted by Crippen LogP contribution is 2.19. The van der Waals surface area contributed by atoms with Crippen LogP contribution in [0.4, 0.5) is 0 Å². The maximum Gasteiger partial charge on any atom is 0.191 e. The first-order chi connectivity index (χ1) is 13.7. The molecule has 1 aliphatic rings. The molecule has 1 heterocycles. The molecule has 0 amide bonds. The molecule has 5 nitrogen and oxygen atoms in total. The van der Waals surface area contributed by atoms with E-state index in [0.717, 1.165) is 30.4 Å². The maximum absolute atomic E-state index is 5.48. The van der Waals surface area contributed by atoms with Gasteiger partial charge < -0.3 is 15.4 Å². The van der Waals surface area contributed by atoms with Crippen LogP contribution in [0.3, 0.4) is 0 Å². The van der Waals surface area contributed by atoms with E-state index in [1.54, 1.807) is 14.2 Å². The summed E-state index contributed by atoms with van der Waals surface area (Å²) < 4.78 is 5.48. The zero-order valence-corrected chi connectivity index (χ0v) is 17.3. The van der Waals surface area contributed by atoms with Gasteiger partial charge in [0.05, 0.1) is 7.11 Å². The van der Waals surface area contributed by atoms with E-state index in [9.17, 15) is 0 Å². The van der Waals surface area contributed by atoms with E-state index >= 15 is 0 Å². The lowest BCUT2D eigenvalue weighted by Gasteiger charge is -2.16. The molecular formula is C23H32N4O. The molecule has 2 aromatic carbocycles. The molecular weight excluding hydrogens is 348 g/mol. The van der Waals surface area contributed by atoms with E-state index in [2.05, 4.69) is 69.9 Å². The normalized spacial score (nSPS) is 14.9. The number of methoxy groups -OCH3 is 1. The van der Waals surface area contributed by atoms with Crippen molar-refractivity contribution in [2.45, 2.75) is 39.4 Å². The van der Waals surface area contributed by atoms with Crippen LogP contribution in [0, 0.1) is 6.92 Å². The molecule has 2 aromatic rings. The first kappa shape index (κ1) is 20.2. The van der Waals surface area contributed by atoms with Gasteiger partial charge in [0.15, 0.2) is 5.96 Å². The predicted molar refractivity (Wildman–Crippen MR) is 116 cm³/mol. The number of guanidine groups is 1. The number of hydrogen-bond donors (Lipinski definition) is 2. The fourth-order valence-corrected chi connectivity index (χ4v) is 3.54. The van der Waals surface area contributed by atoms with Crippen LogP contribution in [-0.2, 0) is 19.6 Å². The van der Waals surface area contributed by atoms with Gasteiger partial charge in [-0.15, -0.1) is 0 Å². The summed E-state index contributed by atoms with van der Waals surface area (Å²) in [6.45, 7) is 7.01. The van der Waals surface area contributed by atoms with Gasteiger partial charge in [0.1, 0.15) is 5.75 Å². The Morgan fingerprint density at radius 2 is 1.68 bits per heavy atom. The molecule has 150 valence electrons.